The zero-order chi connectivity index (χ0) is 17.6. The highest BCUT2D eigenvalue weighted by molar-refractivity contribution is 5.77. The van der Waals surface area contributed by atoms with Gasteiger partial charge < -0.3 is 15.1 Å². The smallest absolute Gasteiger partial charge is 0.317 e. The predicted molar refractivity (Wildman–Crippen MR) is 99.2 cm³/mol. The first-order valence-corrected chi connectivity index (χ1v) is 10.1. The molecule has 2 heterocycles. The summed E-state index contributed by atoms with van der Waals surface area (Å²) in [6, 6.07) is 0.0316. The Kier molecular flexibility index (Phi) is 6.38. The summed E-state index contributed by atoms with van der Waals surface area (Å²) in [5.41, 5.74) is 1.46. The van der Waals surface area contributed by atoms with Gasteiger partial charge in [-0.25, -0.2) is 4.79 Å². The third-order valence-corrected chi connectivity index (χ3v) is 6.08. The fourth-order valence-electron chi connectivity index (χ4n) is 4.27. The lowest BCUT2D eigenvalue weighted by molar-refractivity contribution is -0.132. The van der Waals surface area contributed by atoms with Crippen molar-refractivity contribution in [3.05, 3.63) is 11.6 Å². The first-order valence-electron chi connectivity index (χ1n) is 10.1. The molecule has 3 rings (SSSR count). The van der Waals surface area contributed by atoms with Gasteiger partial charge in [0.05, 0.1) is 0 Å². The number of allylic oxidation sites excluding steroid dienone is 1. The van der Waals surface area contributed by atoms with Crippen molar-refractivity contribution in [2.24, 2.45) is 11.8 Å². The lowest BCUT2D eigenvalue weighted by atomic mass is 9.82. The van der Waals surface area contributed by atoms with E-state index in [4.69, 9.17) is 0 Å². The Labute approximate surface area is 151 Å². The second-order valence-electron chi connectivity index (χ2n) is 8.02. The second kappa shape index (κ2) is 8.72. The zero-order valence-corrected chi connectivity index (χ0v) is 15.6. The fraction of sp³-hybridized carbons (Fsp3) is 0.800. The highest BCUT2D eigenvalue weighted by Gasteiger charge is 2.27. The highest BCUT2D eigenvalue weighted by atomic mass is 16.2. The van der Waals surface area contributed by atoms with Crippen LogP contribution in [0.1, 0.15) is 58.3 Å². The number of fused-ring (bicyclic) bond motifs is 1. The summed E-state index contributed by atoms with van der Waals surface area (Å²) in [4.78, 5) is 28.5. The number of hydrogen-bond acceptors (Lipinski definition) is 2. The topological polar surface area (TPSA) is 52.7 Å². The van der Waals surface area contributed by atoms with Crippen LogP contribution in [0.25, 0.3) is 0 Å². The van der Waals surface area contributed by atoms with Crippen LogP contribution in [0.5, 0.6) is 0 Å². The number of urea groups is 1. The molecular formula is C20H33N3O2. The van der Waals surface area contributed by atoms with E-state index in [1.807, 2.05) is 9.80 Å². The van der Waals surface area contributed by atoms with Crippen LogP contribution < -0.4 is 5.32 Å². The van der Waals surface area contributed by atoms with Gasteiger partial charge in [0.1, 0.15) is 0 Å². The molecule has 0 aromatic heterocycles. The first-order chi connectivity index (χ1) is 12.1. The summed E-state index contributed by atoms with van der Waals surface area (Å²) in [5, 5.41) is 3.00. The van der Waals surface area contributed by atoms with Gasteiger partial charge in [0, 0.05) is 39.1 Å². The Bertz CT molecular complexity index is 509. The van der Waals surface area contributed by atoms with E-state index in [9.17, 15) is 9.59 Å². The van der Waals surface area contributed by atoms with Crippen molar-refractivity contribution in [2.75, 3.05) is 32.7 Å². The number of likely N-dealkylation sites (tertiary alicyclic amines) is 2. The number of nitrogens with one attached hydrogen (secondary N) is 1. The molecule has 1 aliphatic carbocycles. The Balaban J connectivity index is 1.33. The first kappa shape index (κ1) is 18.3. The van der Waals surface area contributed by atoms with Crippen LogP contribution in [0.4, 0.5) is 4.79 Å². The van der Waals surface area contributed by atoms with Crippen LogP contribution in [0.15, 0.2) is 11.6 Å². The largest absolute Gasteiger partial charge is 0.343 e. The Morgan fingerprint density at radius 2 is 1.88 bits per heavy atom. The summed E-state index contributed by atoms with van der Waals surface area (Å²) in [6.45, 7) is 6.30. The molecule has 1 N–H and O–H groups in total. The highest BCUT2D eigenvalue weighted by Crippen LogP contribution is 2.31. The summed E-state index contributed by atoms with van der Waals surface area (Å²) in [7, 11) is 0. The van der Waals surface area contributed by atoms with E-state index in [-0.39, 0.29) is 11.9 Å². The Morgan fingerprint density at radius 1 is 1.12 bits per heavy atom. The van der Waals surface area contributed by atoms with Crippen LogP contribution in [-0.2, 0) is 4.79 Å². The maximum atomic E-state index is 12.3. The van der Waals surface area contributed by atoms with E-state index in [0.29, 0.717) is 18.9 Å². The number of rotatable bonds is 4. The van der Waals surface area contributed by atoms with Gasteiger partial charge in [-0.3, -0.25) is 4.79 Å². The Morgan fingerprint density at radius 3 is 2.68 bits per heavy atom. The van der Waals surface area contributed by atoms with E-state index < -0.39 is 0 Å². The third-order valence-electron chi connectivity index (χ3n) is 6.08. The van der Waals surface area contributed by atoms with Gasteiger partial charge in [-0.15, -0.1) is 0 Å². The molecule has 0 aromatic carbocycles. The van der Waals surface area contributed by atoms with Gasteiger partial charge in [0.2, 0.25) is 5.91 Å². The van der Waals surface area contributed by atoms with Crippen molar-refractivity contribution in [3.8, 4) is 0 Å². The summed E-state index contributed by atoms with van der Waals surface area (Å²) < 4.78 is 0. The number of hydrogen-bond donors (Lipinski definition) is 1. The molecule has 2 saturated heterocycles. The molecule has 2 fully saturated rings. The normalized spacial score (nSPS) is 24.5. The van der Waals surface area contributed by atoms with E-state index in [1.165, 1.54) is 24.8 Å². The average molecular weight is 348 g/mol. The molecule has 1 atom stereocenters. The average Bonchev–Trinajstić information content (AvgIpc) is 2.65. The molecule has 0 bridgehead atoms. The summed E-state index contributed by atoms with van der Waals surface area (Å²) in [5.74, 6) is 1.70. The molecule has 2 aliphatic heterocycles. The minimum atomic E-state index is 0.0316. The number of carbonyl (C=O) groups is 2. The maximum Gasteiger partial charge on any atom is 0.317 e. The molecule has 5 heteroatoms. The lowest BCUT2D eigenvalue weighted by Crippen LogP contribution is -2.46. The van der Waals surface area contributed by atoms with Crippen molar-refractivity contribution < 1.29 is 9.59 Å². The SMILES string of the molecule is CC1CCN(C(=O)CCCNC(=O)N2CCC3CCCC=C3C2)CC1. The van der Waals surface area contributed by atoms with E-state index in [1.54, 1.807) is 0 Å². The molecule has 0 radical (unpaired) electrons. The van der Waals surface area contributed by atoms with E-state index in [0.717, 1.165) is 57.8 Å². The van der Waals surface area contributed by atoms with Crippen LogP contribution in [-0.4, -0.2) is 54.5 Å². The van der Waals surface area contributed by atoms with E-state index in [2.05, 4.69) is 18.3 Å². The summed E-state index contributed by atoms with van der Waals surface area (Å²) >= 11 is 0. The van der Waals surface area contributed by atoms with Crippen molar-refractivity contribution in [1.82, 2.24) is 15.1 Å². The number of nitrogens with zero attached hydrogens (tertiary/aromatic N) is 2. The second-order valence-corrected chi connectivity index (χ2v) is 8.02. The fourth-order valence-corrected chi connectivity index (χ4v) is 4.27. The number of amides is 3. The molecule has 0 saturated carbocycles. The molecule has 3 aliphatic rings. The molecule has 140 valence electrons. The molecule has 1 unspecified atom stereocenters. The van der Waals surface area contributed by atoms with Gasteiger partial charge in [0.25, 0.3) is 0 Å². The van der Waals surface area contributed by atoms with Gasteiger partial charge in [-0.05, 0) is 56.8 Å². The van der Waals surface area contributed by atoms with Crippen molar-refractivity contribution >= 4 is 11.9 Å². The molecule has 5 nitrogen and oxygen atoms in total. The maximum absolute atomic E-state index is 12.3. The van der Waals surface area contributed by atoms with Crippen molar-refractivity contribution in [2.45, 2.75) is 58.3 Å². The number of piperidine rings is 2. The van der Waals surface area contributed by atoms with Gasteiger partial charge in [-0.2, -0.15) is 0 Å². The molecule has 25 heavy (non-hydrogen) atoms. The zero-order valence-electron chi connectivity index (χ0n) is 15.6. The van der Waals surface area contributed by atoms with Crippen LogP contribution in [0, 0.1) is 11.8 Å². The minimum Gasteiger partial charge on any atom is -0.343 e. The van der Waals surface area contributed by atoms with Crippen molar-refractivity contribution in [3.63, 3.8) is 0 Å². The monoisotopic (exact) mass is 347 g/mol. The Hall–Kier alpha value is -1.52. The quantitative estimate of drug-likeness (QED) is 0.627. The van der Waals surface area contributed by atoms with E-state index >= 15 is 0 Å². The molecular weight excluding hydrogens is 314 g/mol. The number of carbonyl (C=O) groups excluding carboxylic acids is 2. The van der Waals surface area contributed by atoms with Crippen LogP contribution in [0.2, 0.25) is 0 Å². The van der Waals surface area contributed by atoms with Crippen LogP contribution in [0.3, 0.4) is 0 Å². The molecule has 0 aromatic rings. The third kappa shape index (κ3) is 4.99. The minimum absolute atomic E-state index is 0.0316. The van der Waals surface area contributed by atoms with Crippen LogP contribution >= 0.6 is 0 Å². The van der Waals surface area contributed by atoms with Gasteiger partial charge in [0.15, 0.2) is 0 Å². The van der Waals surface area contributed by atoms with Crippen molar-refractivity contribution in [1.29, 1.82) is 0 Å². The summed E-state index contributed by atoms with van der Waals surface area (Å²) in [6.07, 6.45) is 10.7. The molecule has 3 amide bonds. The standard InChI is InChI=1S/C20H33N3O2/c1-16-8-12-22(13-9-16)19(24)7-4-11-21-20(25)23-14-10-17-5-2-3-6-18(17)15-23/h6,16-17H,2-5,7-15H2,1H3,(H,21,25). The predicted octanol–water partition coefficient (Wildman–Crippen LogP) is 3.17. The molecule has 0 spiro atoms. The van der Waals surface area contributed by atoms with Gasteiger partial charge in [-0.1, -0.05) is 18.6 Å². The lowest BCUT2D eigenvalue weighted by Gasteiger charge is -2.36. The van der Waals surface area contributed by atoms with Gasteiger partial charge >= 0.3 is 6.03 Å².